The number of aliphatic hydroxyl groups is 2. The van der Waals surface area contributed by atoms with E-state index in [-0.39, 0.29) is 43.8 Å². The maximum atomic E-state index is 13.4. The second kappa shape index (κ2) is 10.6. The minimum atomic E-state index is -4.76. The molecule has 1 aromatic rings. The minimum absolute atomic E-state index is 0.0343. The van der Waals surface area contributed by atoms with Gasteiger partial charge in [-0.2, -0.15) is 13.2 Å². The zero-order chi connectivity index (χ0) is 25.0. The summed E-state index contributed by atoms with van der Waals surface area (Å²) in [6.45, 7) is -0.751. The maximum Gasteiger partial charge on any atom is 0.406 e. The molecule has 186 valence electrons. The number of ether oxygens (including phenoxy) is 1. The highest BCUT2D eigenvalue weighted by Gasteiger charge is 2.51. The van der Waals surface area contributed by atoms with Crippen molar-refractivity contribution in [2.75, 3.05) is 19.7 Å². The molecule has 3 rings (SSSR count). The zero-order valence-corrected chi connectivity index (χ0v) is 18.5. The lowest BCUT2D eigenvalue weighted by atomic mass is 9.77. The third-order valence-electron chi connectivity index (χ3n) is 5.83. The fourth-order valence-corrected chi connectivity index (χ4v) is 4.38. The van der Waals surface area contributed by atoms with Gasteiger partial charge >= 0.3 is 6.18 Å². The van der Waals surface area contributed by atoms with Gasteiger partial charge in [0.25, 0.3) is 0 Å². The fourth-order valence-electron chi connectivity index (χ4n) is 4.38. The van der Waals surface area contributed by atoms with Gasteiger partial charge in [0.2, 0.25) is 11.8 Å². The number of benzene rings is 1. The van der Waals surface area contributed by atoms with Gasteiger partial charge in [-0.05, 0) is 25.5 Å². The number of carbonyl (C=O) groups is 3. The van der Waals surface area contributed by atoms with Gasteiger partial charge in [-0.3, -0.25) is 9.59 Å². The second-order valence-electron chi connectivity index (χ2n) is 8.37. The van der Waals surface area contributed by atoms with E-state index in [1.54, 1.807) is 24.3 Å². The number of alkyl halides is 3. The van der Waals surface area contributed by atoms with Gasteiger partial charge in [-0.15, -0.1) is 0 Å². The largest absolute Gasteiger partial charge is 0.486 e. The molecule has 2 amide bonds. The van der Waals surface area contributed by atoms with E-state index in [1.165, 1.54) is 13.0 Å². The number of rotatable bonds is 9. The molecule has 3 N–H and O–H groups in total. The molecule has 2 aliphatic rings. The summed E-state index contributed by atoms with van der Waals surface area (Å²) in [5.41, 5.74) is 0.632. The van der Waals surface area contributed by atoms with Gasteiger partial charge in [0.1, 0.15) is 30.3 Å². The Bertz CT molecular complexity index is 964. The van der Waals surface area contributed by atoms with E-state index in [0.717, 1.165) is 0 Å². The molecular weight excluding hydrogens is 457 g/mol. The molecule has 0 radical (unpaired) electrons. The minimum Gasteiger partial charge on any atom is -0.486 e. The number of Topliss-reactive ketones (excluding diaryl/α,β-unsaturated/α-hetero) is 1. The number of fused-ring (bicyclic) bond motifs is 3. The molecule has 8 nitrogen and oxygen atoms in total. The summed E-state index contributed by atoms with van der Waals surface area (Å²) >= 11 is 0. The van der Waals surface area contributed by atoms with Gasteiger partial charge < -0.3 is 30.0 Å². The van der Waals surface area contributed by atoms with E-state index < -0.39 is 48.7 Å². The molecule has 0 saturated heterocycles. The average Bonchev–Trinajstić information content (AvgIpc) is 3.15. The molecule has 34 heavy (non-hydrogen) atoms. The van der Waals surface area contributed by atoms with Crippen molar-refractivity contribution >= 4 is 17.6 Å². The molecule has 1 heterocycles. The van der Waals surface area contributed by atoms with E-state index in [2.05, 4.69) is 5.32 Å². The Morgan fingerprint density at radius 1 is 1.18 bits per heavy atom. The summed E-state index contributed by atoms with van der Waals surface area (Å²) in [6, 6.07) is 5.22. The highest BCUT2D eigenvalue weighted by molar-refractivity contribution is 5.96. The summed E-state index contributed by atoms with van der Waals surface area (Å²) in [7, 11) is 0. The Balaban J connectivity index is 2.00. The molecule has 0 spiro atoms. The summed E-state index contributed by atoms with van der Waals surface area (Å²) in [5, 5.41) is 22.6. The van der Waals surface area contributed by atoms with Crippen LogP contribution in [0.1, 0.15) is 37.7 Å². The lowest BCUT2D eigenvalue weighted by Gasteiger charge is -2.41. The molecule has 0 aromatic heterocycles. The summed E-state index contributed by atoms with van der Waals surface area (Å²) in [5.74, 6) is -2.12. The van der Waals surface area contributed by atoms with Crippen molar-refractivity contribution in [1.29, 1.82) is 0 Å². The van der Waals surface area contributed by atoms with Crippen LogP contribution >= 0.6 is 0 Å². The van der Waals surface area contributed by atoms with Crippen LogP contribution in [0.3, 0.4) is 0 Å². The summed E-state index contributed by atoms with van der Waals surface area (Å²) in [6.07, 6.45) is -6.46. The number of para-hydroxylation sites is 1. The number of nitrogens with zero attached hydrogens (tertiary/aromatic N) is 1. The van der Waals surface area contributed by atoms with Crippen LogP contribution in [0.25, 0.3) is 0 Å². The second-order valence-corrected chi connectivity index (χ2v) is 8.37. The number of hydrogen-bond acceptors (Lipinski definition) is 6. The number of ketones is 1. The van der Waals surface area contributed by atoms with Crippen LogP contribution in [0, 0.1) is 0 Å². The number of hydrogen-bond donors (Lipinski definition) is 3. The summed E-state index contributed by atoms with van der Waals surface area (Å²) < 4.78 is 46.1. The molecule has 1 aliphatic carbocycles. The Morgan fingerprint density at radius 2 is 1.88 bits per heavy atom. The van der Waals surface area contributed by atoms with Crippen molar-refractivity contribution in [3.8, 4) is 5.75 Å². The number of halogens is 3. The standard InChI is InChI=1S/C23H27F3N2O6/c1-13(30)5-4-8-18(31)28(12-23(24,25)26)16-11-15(22(33)27-9-10-29)19-14-6-2-3-7-17(14)34-21(19)20(16)32/h2-3,6-7,11,16,19-21,29,32H,4-5,8-10,12H2,1H3,(H,27,33)/t16-,19+,20+,21+/m1/s1. The third-order valence-corrected chi connectivity index (χ3v) is 5.83. The maximum absolute atomic E-state index is 13.4. The van der Waals surface area contributed by atoms with Crippen molar-refractivity contribution in [1.82, 2.24) is 10.2 Å². The normalized spacial score (nSPS) is 23.3. The SMILES string of the molecule is CC(=O)CCCC(=O)N(CC(F)(F)F)[C@@H]1C=C(C(=O)NCCO)[C@@H]2c3ccccc3O[C@@H]2[C@H]1O. The van der Waals surface area contributed by atoms with Crippen molar-refractivity contribution in [2.24, 2.45) is 0 Å². The van der Waals surface area contributed by atoms with Crippen LogP contribution in [-0.2, 0) is 14.4 Å². The molecular formula is C23H27F3N2O6. The zero-order valence-electron chi connectivity index (χ0n) is 18.5. The van der Waals surface area contributed by atoms with E-state index in [4.69, 9.17) is 9.84 Å². The van der Waals surface area contributed by atoms with Crippen molar-refractivity contribution < 1.29 is 42.5 Å². The first kappa shape index (κ1) is 25.7. The third kappa shape index (κ3) is 5.76. The predicted molar refractivity (Wildman–Crippen MR) is 114 cm³/mol. The first-order chi connectivity index (χ1) is 16.0. The van der Waals surface area contributed by atoms with Crippen LogP contribution < -0.4 is 10.1 Å². The van der Waals surface area contributed by atoms with Gasteiger partial charge in [0, 0.05) is 30.5 Å². The van der Waals surface area contributed by atoms with E-state index >= 15 is 0 Å². The monoisotopic (exact) mass is 484 g/mol. The van der Waals surface area contributed by atoms with Gasteiger partial charge in [-0.1, -0.05) is 18.2 Å². The van der Waals surface area contributed by atoms with Crippen LogP contribution in [0.15, 0.2) is 35.9 Å². The molecule has 1 aliphatic heterocycles. The van der Waals surface area contributed by atoms with E-state index in [9.17, 15) is 32.7 Å². The Kier molecular flexibility index (Phi) is 7.98. The number of nitrogens with one attached hydrogen (secondary N) is 1. The molecule has 0 saturated carbocycles. The van der Waals surface area contributed by atoms with Crippen LogP contribution in [0.2, 0.25) is 0 Å². The number of aliphatic hydroxyl groups excluding tert-OH is 2. The number of carbonyl (C=O) groups excluding carboxylic acids is 3. The Labute approximate surface area is 194 Å². The molecule has 4 atom stereocenters. The fraction of sp³-hybridized carbons (Fsp3) is 0.522. The molecule has 0 fully saturated rings. The predicted octanol–water partition coefficient (Wildman–Crippen LogP) is 1.46. The Morgan fingerprint density at radius 3 is 2.53 bits per heavy atom. The quantitative estimate of drug-likeness (QED) is 0.489. The Hall–Kier alpha value is -2.92. The smallest absolute Gasteiger partial charge is 0.406 e. The highest BCUT2D eigenvalue weighted by atomic mass is 19.4. The molecule has 1 aromatic carbocycles. The first-order valence-electron chi connectivity index (χ1n) is 10.9. The van der Waals surface area contributed by atoms with Crippen LogP contribution in [-0.4, -0.2) is 76.8 Å². The van der Waals surface area contributed by atoms with Gasteiger partial charge in [0.05, 0.1) is 18.6 Å². The lowest BCUT2D eigenvalue weighted by molar-refractivity contribution is -0.170. The van der Waals surface area contributed by atoms with Crippen LogP contribution in [0.5, 0.6) is 5.75 Å². The van der Waals surface area contributed by atoms with Crippen molar-refractivity contribution in [3.63, 3.8) is 0 Å². The van der Waals surface area contributed by atoms with Crippen molar-refractivity contribution in [3.05, 3.63) is 41.5 Å². The number of amides is 2. The van der Waals surface area contributed by atoms with E-state index in [1.807, 2.05) is 0 Å². The molecule has 0 bridgehead atoms. The topological polar surface area (TPSA) is 116 Å². The highest BCUT2D eigenvalue weighted by Crippen LogP contribution is 2.47. The first-order valence-corrected chi connectivity index (χ1v) is 10.9. The summed E-state index contributed by atoms with van der Waals surface area (Å²) in [4.78, 5) is 37.4. The van der Waals surface area contributed by atoms with Crippen LogP contribution in [0.4, 0.5) is 13.2 Å². The molecule has 0 unspecified atom stereocenters. The lowest BCUT2D eigenvalue weighted by Crippen LogP contribution is -2.57. The molecule has 11 heteroatoms. The van der Waals surface area contributed by atoms with Gasteiger partial charge in [-0.25, -0.2) is 0 Å². The van der Waals surface area contributed by atoms with E-state index in [0.29, 0.717) is 16.2 Å². The van der Waals surface area contributed by atoms with Gasteiger partial charge in [0.15, 0.2) is 0 Å². The average molecular weight is 484 g/mol. The van der Waals surface area contributed by atoms with Crippen molar-refractivity contribution in [2.45, 2.75) is 56.5 Å².